The summed E-state index contributed by atoms with van der Waals surface area (Å²) in [5, 5.41) is 0. The lowest BCUT2D eigenvalue weighted by molar-refractivity contribution is 0.371. The van der Waals surface area contributed by atoms with Crippen molar-refractivity contribution in [2.24, 2.45) is 0 Å². The molecule has 100 valence electrons. The van der Waals surface area contributed by atoms with Crippen molar-refractivity contribution in [1.29, 1.82) is 0 Å². The highest BCUT2D eigenvalue weighted by Gasteiger charge is 2.28. The molecule has 18 heavy (non-hydrogen) atoms. The number of halogens is 2. The van der Waals surface area contributed by atoms with Crippen LogP contribution in [0.2, 0.25) is 0 Å². The maximum atomic E-state index is 14.1. The monoisotopic (exact) mass is 270 g/mol. The molecule has 0 aliphatic carbocycles. The number of anilines is 1. The Hall–Kier alpha value is -0.800. The van der Waals surface area contributed by atoms with E-state index in [1.165, 1.54) is 6.07 Å². The van der Waals surface area contributed by atoms with Gasteiger partial charge in [0.25, 0.3) is 0 Å². The number of likely N-dealkylation sites (N-methyl/N-ethyl adjacent to an activating group) is 1. The Bertz CT molecular complexity index is 409. The molecule has 1 heterocycles. The Balaban J connectivity index is 2.29. The fourth-order valence-corrected chi connectivity index (χ4v) is 2.95. The topological polar surface area (TPSA) is 6.48 Å². The molecule has 0 aromatic heterocycles. The van der Waals surface area contributed by atoms with Gasteiger partial charge in [-0.2, -0.15) is 0 Å². The van der Waals surface area contributed by atoms with Gasteiger partial charge >= 0.3 is 0 Å². The lowest BCUT2D eigenvalue weighted by Gasteiger charge is -2.30. The highest BCUT2D eigenvalue weighted by Crippen LogP contribution is 2.32. The Labute approximate surface area is 113 Å². The molecule has 0 bridgehead atoms. The molecule has 1 aliphatic heterocycles. The number of nitrogens with zero attached hydrogens (tertiary/aromatic N) is 2. The predicted molar refractivity (Wildman–Crippen MR) is 74.9 cm³/mol. The van der Waals surface area contributed by atoms with Gasteiger partial charge in [-0.15, -0.1) is 11.6 Å². The third-order valence-electron chi connectivity index (χ3n) is 3.45. The molecule has 1 saturated heterocycles. The minimum atomic E-state index is -0.154. The van der Waals surface area contributed by atoms with Crippen molar-refractivity contribution < 1.29 is 4.39 Å². The number of rotatable bonds is 4. The quantitative estimate of drug-likeness (QED) is 0.776. The van der Waals surface area contributed by atoms with Gasteiger partial charge in [-0.1, -0.05) is 12.1 Å². The summed E-state index contributed by atoms with van der Waals surface area (Å²) in [5.41, 5.74) is 1.60. The van der Waals surface area contributed by atoms with Crippen molar-refractivity contribution in [3.8, 4) is 0 Å². The molecule has 1 fully saturated rings. The van der Waals surface area contributed by atoms with E-state index in [2.05, 4.69) is 23.9 Å². The average molecular weight is 271 g/mol. The molecule has 4 heteroatoms. The van der Waals surface area contributed by atoms with Gasteiger partial charge in [-0.3, -0.25) is 0 Å². The molecule has 0 spiro atoms. The van der Waals surface area contributed by atoms with Gasteiger partial charge in [0.1, 0.15) is 5.82 Å². The van der Waals surface area contributed by atoms with Crippen LogP contribution in [0.5, 0.6) is 0 Å². The second kappa shape index (κ2) is 5.89. The van der Waals surface area contributed by atoms with Crippen LogP contribution in [0.3, 0.4) is 0 Å². The zero-order chi connectivity index (χ0) is 13.1. The van der Waals surface area contributed by atoms with Crippen molar-refractivity contribution in [3.05, 3.63) is 29.6 Å². The summed E-state index contributed by atoms with van der Waals surface area (Å²) in [4.78, 5) is 4.34. The van der Waals surface area contributed by atoms with Crippen LogP contribution in [0.1, 0.15) is 18.4 Å². The molecular formula is C14H20ClFN2. The second-order valence-corrected chi connectivity index (χ2v) is 5.40. The van der Waals surface area contributed by atoms with Crippen LogP contribution in [-0.2, 0) is 5.88 Å². The number of hydrogen-bond donors (Lipinski definition) is 0. The van der Waals surface area contributed by atoms with E-state index in [1.807, 2.05) is 6.07 Å². The van der Waals surface area contributed by atoms with Crippen molar-refractivity contribution in [1.82, 2.24) is 4.90 Å². The number of hydrogen-bond acceptors (Lipinski definition) is 2. The molecule has 0 radical (unpaired) electrons. The first-order valence-corrected chi connectivity index (χ1v) is 6.91. The van der Waals surface area contributed by atoms with Crippen LogP contribution in [0.25, 0.3) is 0 Å². The fourth-order valence-electron chi connectivity index (χ4n) is 2.73. The molecular weight excluding hydrogens is 251 g/mol. The van der Waals surface area contributed by atoms with Crippen molar-refractivity contribution >= 4 is 17.3 Å². The van der Waals surface area contributed by atoms with Gasteiger partial charge in [0.2, 0.25) is 0 Å². The maximum absolute atomic E-state index is 14.1. The Morgan fingerprint density at radius 1 is 1.44 bits per heavy atom. The van der Waals surface area contributed by atoms with E-state index in [9.17, 15) is 4.39 Å². The molecule has 2 nitrogen and oxygen atoms in total. The van der Waals surface area contributed by atoms with E-state index >= 15 is 0 Å². The van der Waals surface area contributed by atoms with Crippen LogP contribution in [-0.4, -0.2) is 38.1 Å². The van der Waals surface area contributed by atoms with E-state index < -0.39 is 0 Å². The van der Waals surface area contributed by atoms with E-state index in [-0.39, 0.29) is 5.82 Å². The van der Waals surface area contributed by atoms with Crippen molar-refractivity contribution in [2.45, 2.75) is 24.8 Å². The lowest BCUT2D eigenvalue weighted by Crippen LogP contribution is -2.38. The first kappa shape index (κ1) is 13.6. The second-order valence-electron chi connectivity index (χ2n) is 5.13. The van der Waals surface area contributed by atoms with E-state index in [0.717, 1.165) is 31.5 Å². The number of alkyl halides is 1. The molecule has 0 N–H and O–H groups in total. The van der Waals surface area contributed by atoms with Gasteiger partial charge in [0.15, 0.2) is 0 Å². The highest BCUT2D eigenvalue weighted by atomic mass is 35.5. The first-order chi connectivity index (χ1) is 8.63. The van der Waals surface area contributed by atoms with E-state index in [0.29, 0.717) is 17.6 Å². The normalized spacial score (nSPS) is 19.8. The highest BCUT2D eigenvalue weighted by molar-refractivity contribution is 6.17. The van der Waals surface area contributed by atoms with Gasteiger partial charge in [-0.05, 0) is 38.6 Å². The first-order valence-electron chi connectivity index (χ1n) is 6.38. The lowest BCUT2D eigenvalue weighted by atomic mass is 10.1. The summed E-state index contributed by atoms with van der Waals surface area (Å²) in [7, 11) is 4.11. The molecule has 1 aromatic carbocycles. The van der Waals surface area contributed by atoms with Crippen LogP contribution >= 0.6 is 11.6 Å². The molecule has 1 unspecified atom stereocenters. The molecule has 1 atom stereocenters. The summed E-state index contributed by atoms with van der Waals surface area (Å²) < 4.78 is 14.1. The maximum Gasteiger partial charge on any atom is 0.146 e. The Morgan fingerprint density at radius 3 is 2.89 bits per heavy atom. The molecule has 0 amide bonds. The summed E-state index contributed by atoms with van der Waals surface area (Å²) in [6, 6.07) is 5.55. The Kier molecular flexibility index (Phi) is 4.46. The minimum Gasteiger partial charge on any atom is -0.365 e. The smallest absolute Gasteiger partial charge is 0.146 e. The van der Waals surface area contributed by atoms with Gasteiger partial charge in [0.05, 0.1) is 5.69 Å². The third kappa shape index (κ3) is 2.78. The molecule has 2 rings (SSSR count). The van der Waals surface area contributed by atoms with Crippen LogP contribution in [0.4, 0.5) is 10.1 Å². The zero-order valence-corrected chi connectivity index (χ0v) is 11.8. The standard InChI is InChI=1S/C14H20ClFN2/c1-17(2)10-12-6-4-8-18(12)14-11(9-15)5-3-7-13(14)16/h3,5,7,12H,4,6,8-10H2,1-2H3. The fraction of sp³-hybridized carbons (Fsp3) is 0.571. The number of benzene rings is 1. The van der Waals surface area contributed by atoms with Crippen molar-refractivity contribution in [2.75, 3.05) is 32.1 Å². The third-order valence-corrected chi connectivity index (χ3v) is 3.74. The summed E-state index contributed by atoms with van der Waals surface area (Å²) in [6.07, 6.45) is 2.24. The van der Waals surface area contributed by atoms with Crippen LogP contribution < -0.4 is 4.90 Å². The average Bonchev–Trinajstić information content (AvgIpc) is 2.75. The minimum absolute atomic E-state index is 0.154. The SMILES string of the molecule is CN(C)CC1CCCN1c1c(F)cccc1CCl. The summed E-state index contributed by atoms with van der Waals surface area (Å²) in [5.74, 6) is 0.206. The molecule has 0 saturated carbocycles. The summed E-state index contributed by atoms with van der Waals surface area (Å²) >= 11 is 5.93. The van der Waals surface area contributed by atoms with Crippen LogP contribution in [0, 0.1) is 5.82 Å². The predicted octanol–water partition coefficient (Wildman–Crippen LogP) is 3.09. The van der Waals surface area contributed by atoms with E-state index in [1.54, 1.807) is 6.07 Å². The zero-order valence-electron chi connectivity index (χ0n) is 11.0. The van der Waals surface area contributed by atoms with Gasteiger partial charge in [-0.25, -0.2) is 4.39 Å². The molecule has 1 aromatic rings. The Morgan fingerprint density at radius 2 is 2.22 bits per heavy atom. The van der Waals surface area contributed by atoms with E-state index in [4.69, 9.17) is 11.6 Å². The largest absolute Gasteiger partial charge is 0.365 e. The van der Waals surface area contributed by atoms with Crippen molar-refractivity contribution in [3.63, 3.8) is 0 Å². The molecule has 1 aliphatic rings. The van der Waals surface area contributed by atoms with Gasteiger partial charge in [0, 0.05) is 25.0 Å². The number of para-hydroxylation sites is 1. The summed E-state index contributed by atoms with van der Waals surface area (Å²) in [6.45, 7) is 1.87. The van der Waals surface area contributed by atoms with Crippen LogP contribution in [0.15, 0.2) is 18.2 Å². The van der Waals surface area contributed by atoms with Gasteiger partial charge < -0.3 is 9.80 Å².